The lowest BCUT2D eigenvalue weighted by atomic mass is 9.97. The molecule has 0 saturated carbocycles. The van der Waals surface area contributed by atoms with Crippen LogP contribution >= 0.6 is 0 Å². The van der Waals surface area contributed by atoms with Crippen LogP contribution in [0.2, 0.25) is 0 Å². The smallest absolute Gasteiger partial charge is 0.220 e. The summed E-state index contributed by atoms with van der Waals surface area (Å²) in [6, 6.07) is 7.49. The van der Waals surface area contributed by atoms with Gasteiger partial charge in [0.05, 0.1) is 12.1 Å². The lowest BCUT2D eigenvalue weighted by Gasteiger charge is -2.37. The van der Waals surface area contributed by atoms with E-state index in [0.29, 0.717) is 12.8 Å². The SMILES string of the molecule is CCC(C)NC(=O)CCC1=NNC2C3CC(c4ccc(C)c(C)c4)NN3C=CN12. The van der Waals surface area contributed by atoms with Crippen LogP contribution in [0.15, 0.2) is 35.7 Å². The third-order valence-corrected chi connectivity index (χ3v) is 6.34. The second kappa shape index (κ2) is 8.06. The fourth-order valence-corrected chi connectivity index (χ4v) is 4.18. The first-order chi connectivity index (χ1) is 14.0. The lowest BCUT2D eigenvalue weighted by Crippen LogP contribution is -2.54. The molecule has 0 spiro atoms. The number of benzene rings is 1. The van der Waals surface area contributed by atoms with E-state index in [2.05, 4.69) is 82.5 Å². The van der Waals surface area contributed by atoms with Crippen molar-refractivity contribution < 1.29 is 4.79 Å². The zero-order valence-electron chi connectivity index (χ0n) is 17.8. The van der Waals surface area contributed by atoms with E-state index in [9.17, 15) is 4.79 Å². The molecule has 0 radical (unpaired) electrons. The molecule has 7 nitrogen and oxygen atoms in total. The second-order valence-electron chi connectivity index (χ2n) is 8.42. The molecule has 0 aliphatic carbocycles. The summed E-state index contributed by atoms with van der Waals surface area (Å²) in [7, 11) is 0. The Hall–Kier alpha value is -2.54. The molecule has 29 heavy (non-hydrogen) atoms. The molecule has 156 valence electrons. The summed E-state index contributed by atoms with van der Waals surface area (Å²) in [6.07, 6.45) is 7.27. The minimum absolute atomic E-state index is 0.0884. The first-order valence-electron chi connectivity index (χ1n) is 10.7. The summed E-state index contributed by atoms with van der Waals surface area (Å²) < 4.78 is 0. The molecule has 3 aliphatic heterocycles. The minimum atomic E-state index is 0.0884. The summed E-state index contributed by atoms with van der Waals surface area (Å²) in [5, 5.41) is 9.76. The number of amidine groups is 1. The molecule has 4 rings (SSSR count). The van der Waals surface area contributed by atoms with Crippen LogP contribution in [0, 0.1) is 13.8 Å². The van der Waals surface area contributed by atoms with Crippen LogP contribution in [-0.4, -0.2) is 39.9 Å². The number of rotatable bonds is 6. The quantitative estimate of drug-likeness (QED) is 0.690. The van der Waals surface area contributed by atoms with Gasteiger partial charge in [0.15, 0.2) is 0 Å². The molecule has 1 saturated heterocycles. The fraction of sp³-hybridized carbons (Fsp3) is 0.545. The molecule has 1 fully saturated rings. The highest BCUT2D eigenvalue weighted by Gasteiger charge is 2.44. The predicted molar refractivity (Wildman–Crippen MR) is 115 cm³/mol. The highest BCUT2D eigenvalue weighted by molar-refractivity contribution is 5.89. The Labute approximate surface area is 173 Å². The minimum Gasteiger partial charge on any atom is -0.354 e. The number of hydrogen-bond acceptors (Lipinski definition) is 6. The van der Waals surface area contributed by atoms with E-state index in [4.69, 9.17) is 0 Å². The molecule has 0 aromatic heterocycles. The van der Waals surface area contributed by atoms with E-state index in [0.717, 1.165) is 18.7 Å². The molecule has 7 heteroatoms. The van der Waals surface area contributed by atoms with Gasteiger partial charge in [-0.1, -0.05) is 25.1 Å². The Morgan fingerprint density at radius 1 is 1.31 bits per heavy atom. The van der Waals surface area contributed by atoms with Crippen molar-refractivity contribution >= 4 is 11.7 Å². The van der Waals surface area contributed by atoms with Crippen molar-refractivity contribution in [2.45, 2.75) is 77.7 Å². The average Bonchev–Trinajstić information content (AvgIpc) is 3.32. The number of nitrogens with one attached hydrogen (secondary N) is 3. The van der Waals surface area contributed by atoms with Gasteiger partial charge < -0.3 is 15.2 Å². The van der Waals surface area contributed by atoms with Crippen LogP contribution in [0.1, 0.15) is 62.3 Å². The summed E-state index contributed by atoms with van der Waals surface area (Å²) in [4.78, 5) is 14.3. The number of carbonyl (C=O) groups excluding carboxylic acids is 1. The van der Waals surface area contributed by atoms with Crippen molar-refractivity contribution in [2.75, 3.05) is 0 Å². The standard InChI is InChI=1S/C22H32N6O/c1-5-16(4)23-21(29)9-8-20-24-25-22-19-13-18(26-28(19)11-10-27(20)22)17-7-6-14(2)15(3)12-17/h6-7,10-12,16,18-19,22,25-26H,5,8-9,13H2,1-4H3,(H,23,29). The lowest BCUT2D eigenvalue weighted by molar-refractivity contribution is -0.121. The van der Waals surface area contributed by atoms with Crippen LogP contribution in [0.3, 0.4) is 0 Å². The van der Waals surface area contributed by atoms with Crippen LogP contribution in [-0.2, 0) is 4.79 Å². The Kier molecular flexibility index (Phi) is 5.50. The number of fused-ring (bicyclic) bond motifs is 3. The van der Waals surface area contributed by atoms with E-state index in [1.807, 2.05) is 6.92 Å². The van der Waals surface area contributed by atoms with Gasteiger partial charge in [-0.25, -0.2) is 5.43 Å². The Balaban J connectivity index is 1.37. The summed E-state index contributed by atoms with van der Waals surface area (Å²) in [6.45, 7) is 8.42. The van der Waals surface area contributed by atoms with Gasteiger partial charge in [0.25, 0.3) is 0 Å². The fourth-order valence-electron chi connectivity index (χ4n) is 4.18. The zero-order valence-corrected chi connectivity index (χ0v) is 17.8. The number of aryl methyl sites for hydroxylation is 2. The highest BCUT2D eigenvalue weighted by Crippen LogP contribution is 2.34. The van der Waals surface area contributed by atoms with Crippen molar-refractivity contribution in [3.05, 3.63) is 47.3 Å². The van der Waals surface area contributed by atoms with Crippen LogP contribution in [0.25, 0.3) is 0 Å². The van der Waals surface area contributed by atoms with Crippen molar-refractivity contribution in [2.24, 2.45) is 5.10 Å². The van der Waals surface area contributed by atoms with Gasteiger partial charge in [0.1, 0.15) is 12.0 Å². The van der Waals surface area contributed by atoms with Crippen LogP contribution < -0.4 is 16.2 Å². The molecule has 3 heterocycles. The number of hydrazone groups is 1. The first kappa shape index (κ1) is 19.8. The Morgan fingerprint density at radius 2 is 2.14 bits per heavy atom. The second-order valence-corrected chi connectivity index (χ2v) is 8.42. The molecule has 1 amide bonds. The predicted octanol–water partition coefficient (Wildman–Crippen LogP) is 2.65. The normalized spacial score (nSPS) is 25.9. The molecule has 1 aromatic carbocycles. The van der Waals surface area contributed by atoms with Gasteiger partial charge in [-0.05, 0) is 50.3 Å². The summed E-state index contributed by atoms with van der Waals surface area (Å²) >= 11 is 0. The van der Waals surface area contributed by atoms with Gasteiger partial charge in [-0.3, -0.25) is 10.2 Å². The van der Waals surface area contributed by atoms with Gasteiger partial charge >= 0.3 is 0 Å². The molecule has 0 bridgehead atoms. The maximum absolute atomic E-state index is 12.1. The molecule has 4 atom stereocenters. The van der Waals surface area contributed by atoms with E-state index >= 15 is 0 Å². The average molecular weight is 397 g/mol. The molecular weight excluding hydrogens is 364 g/mol. The van der Waals surface area contributed by atoms with Crippen molar-refractivity contribution in [1.29, 1.82) is 0 Å². The first-order valence-corrected chi connectivity index (χ1v) is 10.7. The molecule has 3 aliphatic rings. The van der Waals surface area contributed by atoms with Gasteiger partial charge in [0.2, 0.25) is 5.91 Å². The van der Waals surface area contributed by atoms with Crippen LogP contribution in [0.5, 0.6) is 0 Å². The zero-order chi connectivity index (χ0) is 20.5. The molecular formula is C22H32N6O. The number of carbonyl (C=O) groups is 1. The van der Waals surface area contributed by atoms with E-state index < -0.39 is 0 Å². The monoisotopic (exact) mass is 396 g/mol. The van der Waals surface area contributed by atoms with Crippen molar-refractivity contribution in [3.8, 4) is 0 Å². The Bertz CT molecular complexity index is 835. The van der Waals surface area contributed by atoms with Crippen molar-refractivity contribution in [3.63, 3.8) is 0 Å². The van der Waals surface area contributed by atoms with Gasteiger partial charge in [0, 0.05) is 31.3 Å². The molecule has 3 N–H and O–H groups in total. The molecule has 4 unspecified atom stereocenters. The number of nitrogens with zero attached hydrogens (tertiary/aromatic N) is 3. The molecule has 1 aromatic rings. The van der Waals surface area contributed by atoms with Crippen LogP contribution in [0.4, 0.5) is 0 Å². The third-order valence-electron chi connectivity index (χ3n) is 6.34. The van der Waals surface area contributed by atoms with Gasteiger partial charge in [-0.2, -0.15) is 5.10 Å². The number of hydrazine groups is 1. The van der Waals surface area contributed by atoms with E-state index in [-0.39, 0.29) is 30.2 Å². The van der Waals surface area contributed by atoms with Crippen molar-refractivity contribution in [1.82, 2.24) is 26.1 Å². The van der Waals surface area contributed by atoms with E-state index in [1.165, 1.54) is 16.7 Å². The number of amides is 1. The Morgan fingerprint density at radius 3 is 2.90 bits per heavy atom. The van der Waals surface area contributed by atoms with Gasteiger partial charge in [-0.15, -0.1) is 0 Å². The topological polar surface area (TPSA) is 72.0 Å². The maximum atomic E-state index is 12.1. The number of hydrogen-bond donors (Lipinski definition) is 3. The highest BCUT2D eigenvalue weighted by atomic mass is 16.1. The summed E-state index contributed by atoms with van der Waals surface area (Å²) in [5.74, 6) is 1.02. The third kappa shape index (κ3) is 3.96. The summed E-state index contributed by atoms with van der Waals surface area (Å²) in [5.41, 5.74) is 10.9. The van der Waals surface area contributed by atoms with E-state index in [1.54, 1.807) is 0 Å². The largest absolute Gasteiger partial charge is 0.354 e. The maximum Gasteiger partial charge on any atom is 0.220 e.